The zero-order chi connectivity index (χ0) is 13.2. The fraction of sp³-hybridized carbons (Fsp3) is 0.600. The molecule has 1 aliphatic heterocycles. The zero-order valence-corrected chi connectivity index (χ0v) is 10.4. The van der Waals surface area contributed by atoms with Gasteiger partial charge in [0, 0.05) is 19.6 Å². The average Bonchev–Trinajstić information content (AvgIpc) is 2.32. The highest BCUT2D eigenvalue weighted by atomic mass is 35.5. The summed E-state index contributed by atoms with van der Waals surface area (Å²) >= 11 is 5.91. The maximum absolute atomic E-state index is 11.7. The van der Waals surface area contributed by atoms with Crippen LogP contribution in [0.4, 0.5) is 5.69 Å². The molecule has 18 heavy (non-hydrogen) atoms. The summed E-state index contributed by atoms with van der Waals surface area (Å²) in [6.45, 7) is 1.23. The van der Waals surface area contributed by atoms with Crippen LogP contribution < -0.4 is 16.2 Å². The largest absolute Gasteiger partial charge is 0.394 e. The van der Waals surface area contributed by atoms with Gasteiger partial charge in [-0.1, -0.05) is 11.6 Å². The molecule has 1 saturated heterocycles. The summed E-state index contributed by atoms with van der Waals surface area (Å²) in [6.07, 6.45) is 1.41. The van der Waals surface area contributed by atoms with Crippen molar-refractivity contribution in [1.82, 2.24) is 15.1 Å². The minimum absolute atomic E-state index is 0.00864. The first-order chi connectivity index (χ1) is 8.56. The zero-order valence-electron chi connectivity index (χ0n) is 9.69. The van der Waals surface area contributed by atoms with Crippen molar-refractivity contribution in [1.29, 1.82) is 0 Å². The topological polar surface area (TPSA) is 99.4 Å². The maximum Gasteiger partial charge on any atom is 0.287 e. The summed E-state index contributed by atoms with van der Waals surface area (Å²) < 4.78 is 1.09. The monoisotopic (exact) mass is 274 g/mol. The number of hydrogen-bond acceptors (Lipinski definition) is 6. The van der Waals surface area contributed by atoms with E-state index in [2.05, 4.69) is 15.7 Å². The van der Waals surface area contributed by atoms with Gasteiger partial charge in [0.1, 0.15) is 10.6 Å². The van der Waals surface area contributed by atoms with E-state index in [-0.39, 0.29) is 18.2 Å². The molecule has 1 aromatic rings. The lowest BCUT2D eigenvalue weighted by atomic mass is 9.97. The van der Waals surface area contributed by atoms with Crippen molar-refractivity contribution in [3.63, 3.8) is 0 Å². The number of rotatable bonds is 5. The number of nitrogens with one attached hydrogen (secondary N) is 2. The number of halogens is 1. The summed E-state index contributed by atoms with van der Waals surface area (Å²) in [5.74, 6) is 0. The Labute approximate surface area is 108 Å². The van der Waals surface area contributed by atoms with Gasteiger partial charge in [-0.05, 0) is 0 Å². The fourth-order valence-corrected chi connectivity index (χ4v) is 1.85. The molecular formula is C10H15ClN4O3. The van der Waals surface area contributed by atoms with Crippen molar-refractivity contribution in [2.24, 2.45) is 0 Å². The molecule has 1 fully saturated rings. The van der Waals surface area contributed by atoms with Gasteiger partial charge in [-0.15, -0.1) is 0 Å². The van der Waals surface area contributed by atoms with Crippen LogP contribution in [0.1, 0.15) is 0 Å². The van der Waals surface area contributed by atoms with Gasteiger partial charge in [0.15, 0.2) is 0 Å². The SMILES string of the molecule is O=c1c(Cl)c(NCC2(O)CNC2)cnn1CCO. The van der Waals surface area contributed by atoms with Crippen molar-refractivity contribution in [2.45, 2.75) is 12.1 Å². The molecule has 0 spiro atoms. The molecular weight excluding hydrogens is 260 g/mol. The van der Waals surface area contributed by atoms with Crippen LogP contribution >= 0.6 is 11.6 Å². The maximum atomic E-state index is 11.7. The number of aliphatic hydroxyl groups is 2. The second kappa shape index (κ2) is 5.23. The molecule has 0 atom stereocenters. The number of β-amino-alcohol motifs (C(OH)–C–C–N with tert-alkyl or cyclic N) is 1. The normalized spacial score (nSPS) is 17.3. The number of aliphatic hydroxyl groups excluding tert-OH is 1. The highest BCUT2D eigenvalue weighted by molar-refractivity contribution is 6.32. The van der Waals surface area contributed by atoms with Crippen molar-refractivity contribution in [2.75, 3.05) is 31.6 Å². The molecule has 0 amide bonds. The highest BCUT2D eigenvalue weighted by Gasteiger charge is 2.34. The van der Waals surface area contributed by atoms with E-state index in [4.69, 9.17) is 16.7 Å². The second-order valence-electron chi connectivity index (χ2n) is 4.31. The lowest BCUT2D eigenvalue weighted by Gasteiger charge is -2.37. The first-order valence-electron chi connectivity index (χ1n) is 5.59. The minimum atomic E-state index is -0.802. The molecule has 0 aromatic carbocycles. The van der Waals surface area contributed by atoms with Crippen LogP contribution in [0.15, 0.2) is 11.0 Å². The quantitative estimate of drug-likeness (QED) is 0.529. The van der Waals surface area contributed by atoms with Crippen molar-refractivity contribution < 1.29 is 10.2 Å². The van der Waals surface area contributed by atoms with E-state index in [0.717, 1.165) is 4.68 Å². The van der Waals surface area contributed by atoms with E-state index in [1.54, 1.807) is 0 Å². The van der Waals surface area contributed by atoms with Gasteiger partial charge in [-0.25, -0.2) is 4.68 Å². The molecule has 8 heteroatoms. The Morgan fingerprint density at radius 3 is 2.89 bits per heavy atom. The lowest BCUT2D eigenvalue weighted by molar-refractivity contribution is 0.00312. The van der Waals surface area contributed by atoms with Gasteiger partial charge in [-0.2, -0.15) is 5.10 Å². The summed E-state index contributed by atoms with van der Waals surface area (Å²) in [5.41, 5.74) is -0.880. The fourth-order valence-electron chi connectivity index (χ4n) is 1.64. The standard InChI is InChI=1S/C10H15ClN4O3/c11-8-7(13-6-10(18)4-12-5-10)3-14-15(1-2-16)9(8)17/h3,12-13,16,18H,1-2,4-6H2. The molecule has 7 nitrogen and oxygen atoms in total. The minimum Gasteiger partial charge on any atom is -0.394 e. The Balaban J connectivity index is 2.09. The first-order valence-corrected chi connectivity index (χ1v) is 5.97. The van der Waals surface area contributed by atoms with Gasteiger partial charge in [-0.3, -0.25) is 4.79 Å². The first kappa shape index (κ1) is 13.3. The van der Waals surface area contributed by atoms with Crippen molar-refractivity contribution >= 4 is 17.3 Å². The molecule has 1 aromatic heterocycles. The van der Waals surface area contributed by atoms with Crippen molar-refractivity contribution in [3.8, 4) is 0 Å². The van der Waals surface area contributed by atoms with Crippen LogP contribution in [-0.2, 0) is 6.54 Å². The Morgan fingerprint density at radius 2 is 2.33 bits per heavy atom. The molecule has 0 bridgehead atoms. The van der Waals surface area contributed by atoms with Gasteiger partial charge in [0.2, 0.25) is 0 Å². The van der Waals surface area contributed by atoms with E-state index in [0.29, 0.717) is 25.3 Å². The number of nitrogens with zero attached hydrogens (tertiary/aromatic N) is 2. The Kier molecular flexibility index (Phi) is 3.86. The third-order valence-corrected chi connectivity index (χ3v) is 3.18. The van der Waals surface area contributed by atoms with Gasteiger partial charge in [0.05, 0.1) is 25.0 Å². The van der Waals surface area contributed by atoms with E-state index in [1.807, 2.05) is 0 Å². The third kappa shape index (κ3) is 2.64. The van der Waals surface area contributed by atoms with Crippen LogP contribution in [0.3, 0.4) is 0 Å². The highest BCUT2D eigenvalue weighted by Crippen LogP contribution is 2.18. The van der Waals surface area contributed by atoms with Crippen molar-refractivity contribution in [3.05, 3.63) is 21.6 Å². The van der Waals surface area contributed by atoms with Crippen LogP contribution in [0.2, 0.25) is 5.02 Å². The van der Waals surface area contributed by atoms with E-state index in [9.17, 15) is 9.90 Å². The molecule has 2 rings (SSSR count). The van der Waals surface area contributed by atoms with E-state index in [1.165, 1.54) is 6.20 Å². The summed E-state index contributed by atoms with van der Waals surface area (Å²) in [6, 6.07) is 0. The van der Waals surface area contributed by atoms with Crippen LogP contribution in [0, 0.1) is 0 Å². The smallest absolute Gasteiger partial charge is 0.287 e. The molecule has 0 saturated carbocycles. The van der Waals surface area contributed by atoms with E-state index < -0.39 is 11.2 Å². The van der Waals surface area contributed by atoms with Gasteiger partial charge < -0.3 is 20.8 Å². The second-order valence-corrected chi connectivity index (χ2v) is 4.68. The van der Waals surface area contributed by atoms with Crippen LogP contribution in [-0.4, -0.2) is 51.8 Å². The molecule has 4 N–H and O–H groups in total. The molecule has 100 valence electrons. The van der Waals surface area contributed by atoms with E-state index >= 15 is 0 Å². The molecule has 0 aliphatic carbocycles. The Morgan fingerprint density at radius 1 is 1.61 bits per heavy atom. The molecule has 1 aliphatic rings. The number of anilines is 1. The predicted octanol–water partition coefficient (Wildman–Crippen LogP) is -1.36. The van der Waals surface area contributed by atoms with Crippen LogP contribution in [0.25, 0.3) is 0 Å². The Bertz CT molecular complexity index is 487. The molecule has 0 radical (unpaired) electrons. The number of aromatic nitrogens is 2. The van der Waals surface area contributed by atoms with Gasteiger partial charge in [0.25, 0.3) is 5.56 Å². The summed E-state index contributed by atoms with van der Waals surface area (Å²) in [4.78, 5) is 11.7. The predicted molar refractivity (Wildman–Crippen MR) is 66.9 cm³/mol. The summed E-state index contributed by atoms with van der Waals surface area (Å²) in [7, 11) is 0. The third-order valence-electron chi connectivity index (χ3n) is 2.81. The molecule has 0 unspecified atom stereocenters. The number of hydrogen-bond donors (Lipinski definition) is 4. The lowest BCUT2D eigenvalue weighted by Crippen LogP contribution is -2.63. The van der Waals surface area contributed by atoms with Gasteiger partial charge >= 0.3 is 0 Å². The summed E-state index contributed by atoms with van der Waals surface area (Å²) in [5, 5.41) is 28.4. The van der Waals surface area contributed by atoms with Crippen LogP contribution in [0.5, 0.6) is 0 Å². The molecule has 2 heterocycles. The Hall–Kier alpha value is -1.15. The average molecular weight is 275 g/mol.